The highest BCUT2D eigenvalue weighted by Gasteiger charge is 2.26. The van der Waals surface area contributed by atoms with Gasteiger partial charge >= 0.3 is 0 Å². The van der Waals surface area contributed by atoms with Crippen LogP contribution in [0.5, 0.6) is 5.75 Å². The van der Waals surface area contributed by atoms with Gasteiger partial charge in [0.1, 0.15) is 5.75 Å². The summed E-state index contributed by atoms with van der Waals surface area (Å²) in [6.07, 6.45) is 0. The molecular formula is C15H23NOS. The second-order valence-corrected chi connectivity index (χ2v) is 6.92. The van der Waals surface area contributed by atoms with Crippen LogP contribution in [0, 0.1) is 0 Å². The van der Waals surface area contributed by atoms with Crippen molar-refractivity contribution in [2.75, 3.05) is 5.32 Å². The van der Waals surface area contributed by atoms with E-state index in [0.717, 1.165) is 16.8 Å². The number of aromatic hydroxyl groups is 1. The molecule has 0 aliphatic heterocycles. The fourth-order valence-corrected chi connectivity index (χ4v) is 2.07. The average molecular weight is 265 g/mol. The van der Waals surface area contributed by atoms with Crippen LogP contribution in [0.1, 0.15) is 52.7 Å². The maximum Gasteiger partial charge on any atom is 0.123 e. The molecule has 0 radical (unpaired) electrons. The Morgan fingerprint density at radius 3 is 1.67 bits per heavy atom. The molecule has 1 aromatic rings. The summed E-state index contributed by atoms with van der Waals surface area (Å²) in [5.74, 6) is 0.393. The van der Waals surface area contributed by atoms with Crippen LogP contribution in [-0.4, -0.2) is 10.6 Å². The van der Waals surface area contributed by atoms with Crippen LogP contribution in [0.3, 0.4) is 0 Å². The number of rotatable bonds is 2. The van der Waals surface area contributed by atoms with Crippen LogP contribution in [0.2, 0.25) is 0 Å². The Balaban J connectivity index is 3.53. The molecule has 0 fully saturated rings. The van der Waals surface area contributed by atoms with Crippen LogP contribution in [0.15, 0.2) is 12.1 Å². The number of phenolic OH excluding ortho intramolecular Hbond substituents is 1. The van der Waals surface area contributed by atoms with E-state index in [9.17, 15) is 5.11 Å². The van der Waals surface area contributed by atoms with Crippen molar-refractivity contribution in [3.63, 3.8) is 0 Å². The lowest BCUT2D eigenvalue weighted by molar-refractivity contribution is 0.423. The summed E-state index contributed by atoms with van der Waals surface area (Å²) in [5, 5.41) is 13.5. The molecule has 18 heavy (non-hydrogen) atoms. The monoisotopic (exact) mass is 265 g/mol. The van der Waals surface area contributed by atoms with Gasteiger partial charge in [-0.15, -0.1) is 0 Å². The third kappa shape index (κ3) is 3.22. The first-order valence-corrected chi connectivity index (χ1v) is 6.62. The Bertz CT molecular complexity index is 418. The van der Waals surface area contributed by atoms with Gasteiger partial charge in [-0.05, 0) is 23.0 Å². The summed E-state index contributed by atoms with van der Waals surface area (Å²) in [6, 6.07) is 3.93. The van der Waals surface area contributed by atoms with Gasteiger partial charge in [-0.25, -0.2) is 0 Å². The van der Waals surface area contributed by atoms with Crippen molar-refractivity contribution in [1.82, 2.24) is 0 Å². The van der Waals surface area contributed by atoms with E-state index in [1.54, 1.807) is 0 Å². The smallest absolute Gasteiger partial charge is 0.123 e. The van der Waals surface area contributed by atoms with Crippen molar-refractivity contribution < 1.29 is 5.11 Å². The molecule has 0 spiro atoms. The molecule has 2 N–H and O–H groups in total. The third-order valence-electron chi connectivity index (χ3n) is 2.95. The number of phenols is 1. The zero-order valence-electron chi connectivity index (χ0n) is 12.1. The Morgan fingerprint density at radius 1 is 1.00 bits per heavy atom. The summed E-state index contributed by atoms with van der Waals surface area (Å²) in [7, 11) is 0. The fourth-order valence-electron chi connectivity index (χ4n) is 1.93. The van der Waals surface area contributed by atoms with E-state index in [2.05, 4.69) is 46.9 Å². The summed E-state index contributed by atoms with van der Waals surface area (Å²) < 4.78 is 0. The summed E-state index contributed by atoms with van der Waals surface area (Å²) >= 11 is 4.84. The number of benzene rings is 1. The molecule has 3 heteroatoms. The highest BCUT2D eigenvalue weighted by Crippen LogP contribution is 2.40. The van der Waals surface area contributed by atoms with Gasteiger partial charge in [0.05, 0.1) is 5.49 Å². The number of thiocarbonyl (C=S) groups is 1. The molecule has 1 rings (SSSR count). The number of hydrogen-bond acceptors (Lipinski definition) is 2. The van der Waals surface area contributed by atoms with Crippen LogP contribution >= 0.6 is 12.2 Å². The molecule has 0 amide bonds. The van der Waals surface area contributed by atoms with Crippen LogP contribution in [-0.2, 0) is 10.8 Å². The van der Waals surface area contributed by atoms with Crippen molar-refractivity contribution in [3.8, 4) is 5.75 Å². The highest BCUT2D eigenvalue weighted by atomic mass is 32.1. The minimum absolute atomic E-state index is 0.108. The Hall–Kier alpha value is -1.09. The molecule has 0 aromatic heterocycles. The van der Waals surface area contributed by atoms with Gasteiger partial charge in [-0.3, -0.25) is 0 Å². The number of anilines is 1. The van der Waals surface area contributed by atoms with Gasteiger partial charge in [0.15, 0.2) is 0 Å². The van der Waals surface area contributed by atoms with Crippen molar-refractivity contribution in [3.05, 3.63) is 23.3 Å². The van der Waals surface area contributed by atoms with E-state index in [-0.39, 0.29) is 10.8 Å². The van der Waals surface area contributed by atoms with E-state index in [1.165, 1.54) is 5.49 Å². The van der Waals surface area contributed by atoms with Crippen molar-refractivity contribution in [1.29, 1.82) is 0 Å². The molecule has 0 unspecified atom stereocenters. The zero-order chi connectivity index (χ0) is 14.1. The van der Waals surface area contributed by atoms with E-state index in [0.29, 0.717) is 5.75 Å². The second-order valence-electron chi connectivity index (χ2n) is 6.68. The Kier molecular flexibility index (Phi) is 4.06. The van der Waals surface area contributed by atoms with Crippen LogP contribution in [0.25, 0.3) is 0 Å². The lowest BCUT2D eigenvalue weighted by Crippen LogP contribution is -2.17. The topological polar surface area (TPSA) is 32.3 Å². The van der Waals surface area contributed by atoms with Gasteiger partial charge < -0.3 is 10.4 Å². The molecule has 0 aliphatic rings. The maximum atomic E-state index is 10.5. The van der Waals surface area contributed by atoms with Crippen molar-refractivity contribution >= 4 is 23.4 Å². The first-order chi connectivity index (χ1) is 8.07. The van der Waals surface area contributed by atoms with Gasteiger partial charge in [0, 0.05) is 16.8 Å². The molecule has 0 heterocycles. The molecule has 2 nitrogen and oxygen atoms in total. The van der Waals surface area contributed by atoms with Gasteiger partial charge in [0.25, 0.3) is 0 Å². The normalized spacial score (nSPS) is 12.3. The van der Waals surface area contributed by atoms with Gasteiger partial charge in [-0.2, -0.15) is 0 Å². The van der Waals surface area contributed by atoms with E-state index in [1.807, 2.05) is 12.1 Å². The number of hydrogen-bond donors (Lipinski definition) is 2. The van der Waals surface area contributed by atoms with E-state index in [4.69, 9.17) is 12.2 Å². The predicted molar refractivity (Wildman–Crippen MR) is 82.8 cm³/mol. The Labute approximate surface area is 115 Å². The standard InChI is InChI=1S/C15H23NOS/c1-14(2,3)11-7-10(16-9-18)8-12(13(11)17)15(4,5)6/h7-9,17H,1-6H3,(H,16,18). The average Bonchev–Trinajstić information content (AvgIpc) is 2.17. The molecule has 100 valence electrons. The third-order valence-corrected chi connectivity index (χ3v) is 3.07. The molecule has 0 atom stereocenters. The highest BCUT2D eigenvalue weighted by molar-refractivity contribution is 7.79. The minimum Gasteiger partial charge on any atom is -0.507 e. The van der Waals surface area contributed by atoms with E-state index < -0.39 is 0 Å². The first-order valence-electron chi connectivity index (χ1n) is 6.15. The minimum atomic E-state index is -0.108. The first kappa shape index (κ1) is 15.0. The summed E-state index contributed by atoms with van der Waals surface area (Å²) in [5.41, 5.74) is 4.08. The zero-order valence-corrected chi connectivity index (χ0v) is 12.9. The molecule has 1 aromatic carbocycles. The molecule has 0 saturated carbocycles. The van der Waals surface area contributed by atoms with Crippen molar-refractivity contribution in [2.24, 2.45) is 0 Å². The quantitative estimate of drug-likeness (QED) is 0.615. The Morgan fingerprint density at radius 2 is 1.39 bits per heavy atom. The molecule has 0 aliphatic carbocycles. The fraction of sp³-hybridized carbons (Fsp3) is 0.533. The second kappa shape index (κ2) is 4.88. The van der Waals surface area contributed by atoms with Crippen LogP contribution < -0.4 is 5.32 Å². The maximum absolute atomic E-state index is 10.5. The molecular weight excluding hydrogens is 242 g/mol. The predicted octanol–water partition coefficient (Wildman–Crippen LogP) is 4.36. The molecule has 0 saturated heterocycles. The summed E-state index contributed by atoms with van der Waals surface area (Å²) in [4.78, 5) is 0. The lowest BCUT2D eigenvalue weighted by Gasteiger charge is -2.28. The van der Waals surface area contributed by atoms with Crippen molar-refractivity contribution in [2.45, 2.75) is 52.4 Å². The molecule has 0 bridgehead atoms. The SMILES string of the molecule is CC(C)(C)c1cc(NC=S)cc(C(C)(C)C)c1O. The lowest BCUT2D eigenvalue weighted by atomic mass is 9.79. The van der Waals surface area contributed by atoms with Gasteiger partial charge in [-0.1, -0.05) is 53.8 Å². The van der Waals surface area contributed by atoms with Gasteiger partial charge in [0.2, 0.25) is 0 Å². The number of nitrogens with one attached hydrogen (secondary N) is 1. The van der Waals surface area contributed by atoms with E-state index >= 15 is 0 Å². The summed E-state index contributed by atoms with van der Waals surface area (Å²) in [6.45, 7) is 12.6. The largest absolute Gasteiger partial charge is 0.507 e. The van der Waals surface area contributed by atoms with Crippen LogP contribution in [0.4, 0.5) is 5.69 Å².